The van der Waals surface area contributed by atoms with Crippen molar-refractivity contribution in [3.63, 3.8) is 0 Å². The molecule has 0 atom stereocenters. The van der Waals surface area contributed by atoms with Crippen molar-refractivity contribution in [2.75, 3.05) is 0 Å². The van der Waals surface area contributed by atoms with Gasteiger partial charge in [0.15, 0.2) is 0 Å². The van der Waals surface area contributed by atoms with Crippen molar-refractivity contribution in [2.24, 2.45) is 5.92 Å². The largest absolute Gasteiger partial charge is 0.478 e. The number of carboxylic acid groups (broad SMARTS) is 1. The maximum absolute atomic E-state index is 14.4. The molecule has 1 heterocycles. The molecule has 5 nitrogen and oxygen atoms in total. The zero-order valence-electron chi connectivity index (χ0n) is 21.6. The Bertz CT molecular complexity index is 1440. The fourth-order valence-corrected chi connectivity index (χ4v) is 4.75. The molecule has 3 aromatic carbocycles. The van der Waals surface area contributed by atoms with Crippen LogP contribution in [0.3, 0.4) is 0 Å². The Hall–Kier alpha value is -4.00. The quantitative estimate of drug-likeness (QED) is 0.237. The average molecular weight is 519 g/mol. The van der Waals surface area contributed by atoms with Gasteiger partial charge in [-0.2, -0.15) is 0 Å². The number of aromatic carboxylic acids is 1. The highest BCUT2D eigenvalue weighted by atomic mass is 19.3. The predicted molar refractivity (Wildman–Crippen MR) is 145 cm³/mol. The third-order valence-electron chi connectivity index (χ3n) is 6.77. The molecule has 0 saturated heterocycles. The summed E-state index contributed by atoms with van der Waals surface area (Å²) in [5.74, 6) is -0.715. The molecule has 0 aliphatic rings. The maximum atomic E-state index is 14.4. The molecule has 0 aliphatic heterocycles. The van der Waals surface area contributed by atoms with E-state index in [1.165, 1.54) is 9.13 Å². The van der Waals surface area contributed by atoms with Crippen molar-refractivity contribution in [3.8, 4) is 11.1 Å². The van der Waals surface area contributed by atoms with Gasteiger partial charge in [0, 0.05) is 12.2 Å². The van der Waals surface area contributed by atoms with Gasteiger partial charge < -0.3 is 5.11 Å². The van der Waals surface area contributed by atoms with Crippen LogP contribution >= 0.6 is 0 Å². The number of imidazole rings is 1. The van der Waals surface area contributed by atoms with Crippen molar-refractivity contribution in [3.05, 3.63) is 117 Å². The van der Waals surface area contributed by atoms with Crippen LogP contribution in [-0.4, -0.2) is 20.2 Å². The summed E-state index contributed by atoms with van der Waals surface area (Å²) in [5.41, 5.74) is 3.02. The van der Waals surface area contributed by atoms with Gasteiger partial charge in [-0.05, 0) is 53.5 Å². The lowest BCUT2D eigenvalue weighted by molar-refractivity contribution is 0.0697. The number of alkyl halides is 2. The zero-order chi connectivity index (χ0) is 27.2. The van der Waals surface area contributed by atoms with Gasteiger partial charge >= 0.3 is 11.7 Å². The summed E-state index contributed by atoms with van der Waals surface area (Å²) in [5, 5.41) is 9.51. The number of nitrogens with zero attached hydrogens (tertiary/aromatic N) is 2. The number of halogens is 2. The normalized spacial score (nSPS) is 11.4. The number of benzene rings is 3. The summed E-state index contributed by atoms with van der Waals surface area (Å²) in [4.78, 5) is 25.1. The lowest BCUT2D eigenvalue weighted by atomic mass is 9.98. The van der Waals surface area contributed by atoms with E-state index in [4.69, 9.17) is 0 Å². The van der Waals surface area contributed by atoms with Crippen LogP contribution in [0.25, 0.3) is 11.1 Å². The van der Waals surface area contributed by atoms with Gasteiger partial charge in [0.25, 0.3) is 6.43 Å². The first kappa shape index (κ1) is 27.0. The minimum Gasteiger partial charge on any atom is -0.478 e. The van der Waals surface area contributed by atoms with Crippen LogP contribution in [-0.2, 0) is 25.9 Å². The molecule has 198 valence electrons. The molecule has 4 aromatic rings. The topological polar surface area (TPSA) is 64.2 Å². The smallest absolute Gasteiger partial charge is 0.336 e. The van der Waals surface area contributed by atoms with Crippen molar-refractivity contribution < 1.29 is 18.7 Å². The fraction of sp³-hybridized carbons (Fsp3) is 0.290. The second-order valence-corrected chi connectivity index (χ2v) is 9.87. The molecule has 0 amide bonds. The molecular formula is C31H32F2N2O3. The second-order valence-electron chi connectivity index (χ2n) is 9.87. The van der Waals surface area contributed by atoms with E-state index in [9.17, 15) is 23.5 Å². The Morgan fingerprint density at radius 2 is 1.50 bits per heavy atom. The molecule has 0 saturated carbocycles. The van der Waals surface area contributed by atoms with Crippen LogP contribution in [0.4, 0.5) is 8.78 Å². The van der Waals surface area contributed by atoms with Gasteiger partial charge in [-0.3, -0.25) is 9.13 Å². The van der Waals surface area contributed by atoms with Gasteiger partial charge in [0.1, 0.15) is 5.69 Å². The van der Waals surface area contributed by atoms with E-state index in [1.54, 1.807) is 36.4 Å². The van der Waals surface area contributed by atoms with Crippen LogP contribution < -0.4 is 5.69 Å². The average Bonchev–Trinajstić information content (AvgIpc) is 3.17. The fourth-order valence-electron chi connectivity index (χ4n) is 4.75. The molecule has 1 aromatic heterocycles. The molecular weight excluding hydrogens is 486 g/mol. The SMILES string of the molecule is CC(C)CCc1c(C(F)F)n(CCc2ccccc2)c(=O)n1Cc1ccc(-c2ccccc2C(=O)O)cc1. The van der Waals surface area contributed by atoms with Crippen molar-refractivity contribution in [1.82, 2.24) is 9.13 Å². The summed E-state index contributed by atoms with van der Waals surface area (Å²) in [6.07, 6.45) is -1.22. The number of hydrogen-bond acceptors (Lipinski definition) is 2. The predicted octanol–water partition coefficient (Wildman–Crippen LogP) is 6.83. The highest BCUT2D eigenvalue weighted by molar-refractivity contribution is 5.95. The summed E-state index contributed by atoms with van der Waals surface area (Å²) in [7, 11) is 0. The Labute approximate surface area is 221 Å². The number of rotatable bonds is 11. The molecule has 38 heavy (non-hydrogen) atoms. The lowest BCUT2D eigenvalue weighted by Gasteiger charge is -2.12. The van der Waals surface area contributed by atoms with E-state index >= 15 is 0 Å². The van der Waals surface area contributed by atoms with Crippen LogP contribution in [0.15, 0.2) is 83.7 Å². The first-order valence-electron chi connectivity index (χ1n) is 12.8. The lowest BCUT2D eigenvalue weighted by Crippen LogP contribution is -2.27. The van der Waals surface area contributed by atoms with Crippen molar-refractivity contribution in [1.29, 1.82) is 0 Å². The Kier molecular flexibility index (Phi) is 8.56. The Morgan fingerprint density at radius 3 is 2.13 bits per heavy atom. The molecule has 0 fully saturated rings. The van der Waals surface area contributed by atoms with E-state index in [2.05, 4.69) is 0 Å². The molecule has 1 N–H and O–H groups in total. The highest BCUT2D eigenvalue weighted by Gasteiger charge is 2.26. The van der Waals surface area contributed by atoms with Crippen LogP contribution in [0.5, 0.6) is 0 Å². The summed E-state index contributed by atoms with van der Waals surface area (Å²) in [6, 6.07) is 23.5. The molecule has 0 unspecified atom stereocenters. The Balaban J connectivity index is 1.69. The van der Waals surface area contributed by atoms with E-state index in [0.717, 1.165) is 16.7 Å². The molecule has 0 bridgehead atoms. The maximum Gasteiger partial charge on any atom is 0.336 e. The molecule has 0 aliphatic carbocycles. The number of hydrogen-bond donors (Lipinski definition) is 1. The number of carbonyl (C=O) groups is 1. The number of carboxylic acids is 1. The van der Waals surface area contributed by atoms with Gasteiger partial charge in [0.2, 0.25) is 0 Å². The zero-order valence-corrected chi connectivity index (χ0v) is 21.6. The monoisotopic (exact) mass is 518 g/mol. The third kappa shape index (κ3) is 6.10. The van der Waals surface area contributed by atoms with Crippen LogP contribution in [0.2, 0.25) is 0 Å². The van der Waals surface area contributed by atoms with Crippen molar-refractivity contribution in [2.45, 2.75) is 52.6 Å². The summed E-state index contributed by atoms with van der Waals surface area (Å²) in [6.45, 7) is 4.40. The molecule has 0 spiro atoms. The first-order chi connectivity index (χ1) is 18.3. The van der Waals surface area contributed by atoms with E-state index < -0.39 is 18.1 Å². The van der Waals surface area contributed by atoms with Gasteiger partial charge in [-0.25, -0.2) is 18.4 Å². The molecule has 4 rings (SSSR count). The molecule has 7 heteroatoms. The van der Waals surface area contributed by atoms with E-state index in [0.29, 0.717) is 36.4 Å². The minimum atomic E-state index is -2.77. The van der Waals surface area contributed by atoms with Gasteiger partial charge in [-0.15, -0.1) is 0 Å². The third-order valence-corrected chi connectivity index (χ3v) is 6.77. The van der Waals surface area contributed by atoms with Gasteiger partial charge in [0.05, 0.1) is 12.1 Å². The highest BCUT2D eigenvalue weighted by Crippen LogP contribution is 2.27. The summed E-state index contributed by atoms with van der Waals surface area (Å²) < 4.78 is 31.5. The standard InChI is InChI=1S/C31H32F2N2O3/c1-21(2)12-17-27-28(29(32)33)34(19-18-22-8-4-3-5-9-22)31(38)35(27)20-23-13-15-24(16-14-23)25-10-6-7-11-26(25)30(36)37/h3-11,13-16,21,29H,12,17-20H2,1-2H3,(H,36,37). The van der Waals surface area contributed by atoms with Crippen LogP contribution in [0.1, 0.15) is 59.6 Å². The number of aryl methyl sites for hydroxylation is 1. The molecule has 0 radical (unpaired) electrons. The summed E-state index contributed by atoms with van der Waals surface area (Å²) >= 11 is 0. The second kappa shape index (κ2) is 12.0. The van der Waals surface area contributed by atoms with E-state index in [-0.39, 0.29) is 24.3 Å². The Morgan fingerprint density at radius 1 is 0.842 bits per heavy atom. The van der Waals surface area contributed by atoms with Crippen LogP contribution in [0, 0.1) is 5.92 Å². The van der Waals surface area contributed by atoms with Gasteiger partial charge in [-0.1, -0.05) is 86.6 Å². The first-order valence-corrected chi connectivity index (χ1v) is 12.8. The van der Waals surface area contributed by atoms with E-state index in [1.807, 2.05) is 56.3 Å². The van der Waals surface area contributed by atoms with Crippen molar-refractivity contribution >= 4 is 5.97 Å². The number of aromatic nitrogens is 2. The minimum absolute atomic E-state index is 0.158.